The van der Waals surface area contributed by atoms with Gasteiger partial charge in [-0.15, -0.1) is 0 Å². The second-order valence-corrected chi connectivity index (χ2v) is 4.87. The third-order valence-electron chi connectivity index (χ3n) is 3.52. The topological polar surface area (TPSA) is 3.24 Å². The summed E-state index contributed by atoms with van der Waals surface area (Å²) in [6.45, 7) is 3.37. The van der Waals surface area contributed by atoms with Crippen LogP contribution in [-0.2, 0) is 6.42 Å². The van der Waals surface area contributed by atoms with Gasteiger partial charge in [0.2, 0.25) is 0 Å². The van der Waals surface area contributed by atoms with Crippen LogP contribution in [0.25, 0.3) is 0 Å². The van der Waals surface area contributed by atoms with Gasteiger partial charge in [-0.2, -0.15) is 0 Å². The molecule has 0 amide bonds. The molecule has 0 N–H and O–H groups in total. The zero-order valence-corrected chi connectivity index (χ0v) is 10.3. The van der Waals surface area contributed by atoms with E-state index in [0.29, 0.717) is 0 Å². The maximum atomic E-state index is 2.47. The number of rotatable bonds is 3. The Balaban J connectivity index is 1.88. The lowest BCUT2D eigenvalue weighted by molar-refractivity contribution is 0.238. The van der Waals surface area contributed by atoms with Crippen LogP contribution in [0.15, 0.2) is 42.0 Å². The van der Waals surface area contributed by atoms with Crippen LogP contribution in [0.4, 0.5) is 0 Å². The standard InChI is InChI=1S/C15H21N/c1-13-10-11-16(2)15(12-13)9-8-14-6-4-3-5-7-14/h3-7,10,15H,8-9,11-12H2,1-2H3. The fourth-order valence-corrected chi connectivity index (χ4v) is 2.36. The number of aryl methyl sites for hydroxylation is 1. The Morgan fingerprint density at radius 1 is 1.25 bits per heavy atom. The van der Waals surface area contributed by atoms with Crippen LogP contribution in [0.2, 0.25) is 0 Å². The normalized spacial score (nSPS) is 21.9. The summed E-state index contributed by atoms with van der Waals surface area (Å²) in [5, 5.41) is 0. The maximum Gasteiger partial charge on any atom is 0.0165 e. The molecule has 1 aliphatic heterocycles. The van der Waals surface area contributed by atoms with E-state index in [1.165, 1.54) is 24.8 Å². The van der Waals surface area contributed by atoms with E-state index < -0.39 is 0 Å². The summed E-state index contributed by atoms with van der Waals surface area (Å²) in [5.41, 5.74) is 3.01. The number of nitrogens with zero attached hydrogens (tertiary/aromatic N) is 1. The van der Waals surface area contributed by atoms with Crippen molar-refractivity contribution in [1.29, 1.82) is 0 Å². The predicted molar refractivity (Wildman–Crippen MR) is 69.6 cm³/mol. The van der Waals surface area contributed by atoms with Crippen molar-refractivity contribution in [3.05, 3.63) is 47.5 Å². The summed E-state index contributed by atoms with van der Waals surface area (Å²) >= 11 is 0. The fraction of sp³-hybridized carbons (Fsp3) is 0.467. The molecule has 1 aromatic rings. The summed E-state index contributed by atoms with van der Waals surface area (Å²) in [6, 6.07) is 11.5. The largest absolute Gasteiger partial charge is 0.299 e. The van der Waals surface area contributed by atoms with Gasteiger partial charge in [0.25, 0.3) is 0 Å². The van der Waals surface area contributed by atoms with E-state index in [9.17, 15) is 0 Å². The number of likely N-dealkylation sites (N-methyl/N-ethyl adjacent to an activating group) is 1. The van der Waals surface area contributed by atoms with Gasteiger partial charge in [0.15, 0.2) is 0 Å². The molecule has 0 spiro atoms. The highest BCUT2D eigenvalue weighted by atomic mass is 15.1. The molecule has 0 saturated heterocycles. The smallest absolute Gasteiger partial charge is 0.0165 e. The molecule has 16 heavy (non-hydrogen) atoms. The second kappa shape index (κ2) is 5.31. The molecule has 1 aromatic carbocycles. The van der Waals surface area contributed by atoms with Gasteiger partial charge in [0.05, 0.1) is 0 Å². The number of benzene rings is 1. The fourth-order valence-electron chi connectivity index (χ4n) is 2.36. The Hall–Kier alpha value is -1.08. The molecule has 1 nitrogen and oxygen atoms in total. The molecule has 0 radical (unpaired) electrons. The first-order chi connectivity index (χ1) is 7.75. The van der Waals surface area contributed by atoms with Crippen LogP contribution in [0.3, 0.4) is 0 Å². The Kier molecular flexibility index (Phi) is 3.79. The summed E-state index contributed by atoms with van der Waals surface area (Å²) in [6.07, 6.45) is 6.05. The maximum absolute atomic E-state index is 2.47. The van der Waals surface area contributed by atoms with Gasteiger partial charge >= 0.3 is 0 Å². The van der Waals surface area contributed by atoms with Crippen LogP contribution in [0.1, 0.15) is 25.3 Å². The van der Waals surface area contributed by atoms with Crippen LogP contribution in [-0.4, -0.2) is 24.5 Å². The zero-order valence-electron chi connectivity index (χ0n) is 10.3. The van der Waals surface area contributed by atoms with Gasteiger partial charge in [0.1, 0.15) is 0 Å². The lowest BCUT2D eigenvalue weighted by Crippen LogP contribution is -2.35. The van der Waals surface area contributed by atoms with E-state index >= 15 is 0 Å². The lowest BCUT2D eigenvalue weighted by Gasteiger charge is -2.31. The van der Waals surface area contributed by atoms with E-state index in [1.54, 1.807) is 5.57 Å². The molecule has 0 fully saturated rings. The molecule has 86 valence electrons. The van der Waals surface area contributed by atoms with Crippen molar-refractivity contribution in [2.24, 2.45) is 0 Å². The van der Waals surface area contributed by atoms with Gasteiger partial charge in [-0.3, -0.25) is 4.90 Å². The van der Waals surface area contributed by atoms with Gasteiger partial charge < -0.3 is 0 Å². The number of hydrogen-bond donors (Lipinski definition) is 0. The zero-order chi connectivity index (χ0) is 11.4. The van der Waals surface area contributed by atoms with E-state index in [2.05, 4.69) is 55.3 Å². The minimum absolute atomic E-state index is 0.727. The molecule has 0 saturated carbocycles. The van der Waals surface area contributed by atoms with Gasteiger partial charge in [0, 0.05) is 12.6 Å². The highest BCUT2D eigenvalue weighted by Gasteiger charge is 2.17. The minimum atomic E-state index is 0.727. The molecule has 2 rings (SSSR count). The monoisotopic (exact) mass is 215 g/mol. The van der Waals surface area contributed by atoms with Crippen molar-refractivity contribution in [2.75, 3.05) is 13.6 Å². The first-order valence-corrected chi connectivity index (χ1v) is 6.15. The van der Waals surface area contributed by atoms with Crippen LogP contribution >= 0.6 is 0 Å². The van der Waals surface area contributed by atoms with Crippen molar-refractivity contribution < 1.29 is 0 Å². The Bertz CT molecular complexity index is 353. The highest BCUT2D eigenvalue weighted by Crippen LogP contribution is 2.20. The Morgan fingerprint density at radius 2 is 2.00 bits per heavy atom. The summed E-state index contributed by atoms with van der Waals surface area (Å²) in [4.78, 5) is 2.47. The first-order valence-electron chi connectivity index (χ1n) is 6.15. The van der Waals surface area contributed by atoms with Gasteiger partial charge in [-0.05, 0) is 38.8 Å². The third-order valence-corrected chi connectivity index (χ3v) is 3.52. The molecular formula is C15H21N. The van der Waals surface area contributed by atoms with E-state index in [4.69, 9.17) is 0 Å². The molecule has 0 aromatic heterocycles. The quantitative estimate of drug-likeness (QED) is 0.699. The molecule has 1 heterocycles. The minimum Gasteiger partial charge on any atom is -0.299 e. The van der Waals surface area contributed by atoms with Gasteiger partial charge in [-0.1, -0.05) is 42.0 Å². The summed E-state index contributed by atoms with van der Waals surface area (Å²) in [5.74, 6) is 0. The van der Waals surface area contributed by atoms with Crippen molar-refractivity contribution in [3.8, 4) is 0 Å². The highest BCUT2D eigenvalue weighted by molar-refractivity contribution is 5.15. The van der Waals surface area contributed by atoms with Crippen molar-refractivity contribution >= 4 is 0 Å². The van der Waals surface area contributed by atoms with Crippen molar-refractivity contribution in [2.45, 2.75) is 32.2 Å². The molecule has 1 aliphatic rings. The van der Waals surface area contributed by atoms with E-state index in [1.807, 2.05) is 0 Å². The summed E-state index contributed by atoms with van der Waals surface area (Å²) in [7, 11) is 2.23. The third kappa shape index (κ3) is 2.96. The molecule has 0 bridgehead atoms. The molecular weight excluding hydrogens is 194 g/mol. The summed E-state index contributed by atoms with van der Waals surface area (Å²) < 4.78 is 0. The Labute approximate surface area is 98.8 Å². The average molecular weight is 215 g/mol. The Morgan fingerprint density at radius 3 is 2.75 bits per heavy atom. The average Bonchev–Trinajstić information content (AvgIpc) is 2.32. The van der Waals surface area contributed by atoms with Crippen molar-refractivity contribution in [1.82, 2.24) is 4.90 Å². The molecule has 1 unspecified atom stereocenters. The molecule has 1 atom stereocenters. The van der Waals surface area contributed by atoms with Crippen molar-refractivity contribution in [3.63, 3.8) is 0 Å². The van der Waals surface area contributed by atoms with Crippen LogP contribution in [0, 0.1) is 0 Å². The molecule has 0 aliphatic carbocycles. The van der Waals surface area contributed by atoms with Crippen LogP contribution in [0.5, 0.6) is 0 Å². The first kappa shape index (κ1) is 11.4. The predicted octanol–water partition coefficient (Wildman–Crippen LogP) is 3.27. The SMILES string of the molecule is CC1=CCN(C)C(CCc2ccccc2)C1. The van der Waals surface area contributed by atoms with Gasteiger partial charge in [-0.25, -0.2) is 0 Å². The molecule has 1 heteroatoms. The second-order valence-electron chi connectivity index (χ2n) is 4.87. The van der Waals surface area contributed by atoms with E-state index in [-0.39, 0.29) is 0 Å². The van der Waals surface area contributed by atoms with Crippen LogP contribution < -0.4 is 0 Å². The number of hydrogen-bond acceptors (Lipinski definition) is 1. The van der Waals surface area contributed by atoms with E-state index in [0.717, 1.165) is 12.6 Å². The lowest BCUT2D eigenvalue weighted by atomic mass is 9.96.